The molecule has 25 heavy (non-hydrogen) atoms. The first-order chi connectivity index (χ1) is 11.8. The number of carbonyl (C=O) groups excluding carboxylic acids is 1. The average Bonchev–Trinajstić information content (AvgIpc) is 3.07. The molecule has 2 atom stereocenters. The van der Waals surface area contributed by atoms with Crippen molar-refractivity contribution < 1.29 is 13.2 Å². The monoisotopic (exact) mass is 355 g/mol. The fraction of sp³-hybridized carbons (Fsp3) is 0.350. The molecule has 0 bridgehead atoms. The molecular weight excluding hydrogens is 334 g/mol. The Balaban J connectivity index is 1.73. The summed E-state index contributed by atoms with van der Waals surface area (Å²) in [6.07, 6.45) is 0.396. The fourth-order valence-electron chi connectivity index (χ4n) is 4.28. The van der Waals surface area contributed by atoms with Crippen LogP contribution in [0.3, 0.4) is 0 Å². The van der Waals surface area contributed by atoms with E-state index < -0.39 is 15.4 Å². The lowest BCUT2D eigenvalue weighted by Crippen LogP contribution is -2.34. The molecule has 0 N–H and O–H groups in total. The highest BCUT2D eigenvalue weighted by Gasteiger charge is 2.54. The molecule has 2 aromatic carbocycles. The second-order valence-electron chi connectivity index (χ2n) is 7.31. The third-order valence-electron chi connectivity index (χ3n) is 5.78. The maximum absolute atomic E-state index is 13.1. The lowest BCUT2D eigenvalue weighted by Gasteiger charge is -2.28. The number of aryl methyl sites for hydroxylation is 1. The Morgan fingerprint density at radius 1 is 1.08 bits per heavy atom. The Hall–Kier alpha value is -1.98. The minimum Gasteiger partial charge on any atom is -0.294 e. The lowest BCUT2D eigenvalue weighted by atomic mass is 9.74. The molecule has 0 radical (unpaired) electrons. The van der Waals surface area contributed by atoms with Crippen LogP contribution in [0, 0.1) is 12.8 Å². The van der Waals surface area contributed by atoms with E-state index in [1.54, 1.807) is 16.4 Å². The van der Waals surface area contributed by atoms with Crippen LogP contribution >= 0.6 is 0 Å². The molecule has 2 aliphatic rings. The summed E-state index contributed by atoms with van der Waals surface area (Å²) >= 11 is 0. The van der Waals surface area contributed by atoms with Crippen LogP contribution in [0.5, 0.6) is 0 Å². The minimum absolute atomic E-state index is 0.0975. The quantitative estimate of drug-likeness (QED) is 0.831. The fourth-order valence-corrected chi connectivity index (χ4v) is 5.87. The molecule has 0 aromatic heterocycles. The summed E-state index contributed by atoms with van der Waals surface area (Å²) < 4.78 is 27.7. The molecule has 5 heteroatoms. The highest BCUT2D eigenvalue weighted by atomic mass is 32.2. The molecule has 1 fully saturated rings. The third-order valence-corrected chi connectivity index (χ3v) is 7.60. The largest absolute Gasteiger partial charge is 0.294 e. The van der Waals surface area contributed by atoms with Crippen molar-refractivity contribution in [2.24, 2.45) is 5.92 Å². The smallest absolute Gasteiger partial charge is 0.243 e. The zero-order valence-corrected chi connectivity index (χ0v) is 15.2. The van der Waals surface area contributed by atoms with Crippen molar-refractivity contribution in [1.29, 1.82) is 0 Å². The number of nitrogens with zero attached hydrogens (tertiary/aromatic N) is 1. The molecule has 4 nitrogen and oxygen atoms in total. The number of hydrogen-bond donors (Lipinski definition) is 0. The van der Waals surface area contributed by atoms with Crippen molar-refractivity contribution in [3.63, 3.8) is 0 Å². The van der Waals surface area contributed by atoms with Gasteiger partial charge in [0.1, 0.15) is 0 Å². The van der Waals surface area contributed by atoms with Crippen LogP contribution in [-0.2, 0) is 15.4 Å². The number of carbonyl (C=O) groups is 1. The second-order valence-corrected chi connectivity index (χ2v) is 9.25. The van der Waals surface area contributed by atoms with E-state index >= 15 is 0 Å². The van der Waals surface area contributed by atoms with Gasteiger partial charge < -0.3 is 0 Å². The number of Topliss-reactive ketones (excluding diaryl/α,β-unsaturated/α-hetero) is 1. The van der Waals surface area contributed by atoms with Crippen molar-refractivity contribution >= 4 is 15.8 Å². The molecule has 0 saturated carbocycles. The van der Waals surface area contributed by atoms with Gasteiger partial charge >= 0.3 is 0 Å². The van der Waals surface area contributed by atoms with Gasteiger partial charge in [0.05, 0.1) is 4.90 Å². The van der Waals surface area contributed by atoms with Gasteiger partial charge in [-0.25, -0.2) is 8.42 Å². The van der Waals surface area contributed by atoms with Crippen molar-refractivity contribution in [2.75, 3.05) is 13.1 Å². The van der Waals surface area contributed by atoms with Gasteiger partial charge in [-0.15, -0.1) is 0 Å². The van der Waals surface area contributed by atoms with Gasteiger partial charge in [-0.05, 0) is 30.5 Å². The first kappa shape index (κ1) is 16.5. The molecule has 4 rings (SSSR count). The summed E-state index contributed by atoms with van der Waals surface area (Å²) in [4.78, 5) is 12.8. The second kappa shape index (κ2) is 5.51. The van der Waals surface area contributed by atoms with Crippen molar-refractivity contribution in [3.05, 3.63) is 65.2 Å². The number of benzene rings is 2. The molecule has 1 aliphatic carbocycles. The van der Waals surface area contributed by atoms with Crippen LogP contribution in [0.4, 0.5) is 0 Å². The van der Waals surface area contributed by atoms with Crippen molar-refractivity contribution in [2.45, 2.75) is 30.6 Å². The van der Waals surface area contributed by atoms with E-state index in [9.17, 15) is 13.2 Å². The van der Waals surface area contributed by atoms with Crippen LogP contribution in [0.15, 0.2) is 53.4 Å². The van der Waals surface area contributed by atoms with Gasteiger partial charge in [-0.1, -0.05) is 48.9 Å². The first-order valence-electron chi connectivity index (χ1n) is 8.54. The van der Waals surface area contributed by atoms with E-state index in [1.807, 2.05) is 43.3 Å². The van der Waals surface area contributed by atoms with Gasteiger partial charge in [0.2, 0.25) is 10.0 Å². The summed E-state index contributed by atoms with van der Waals surface area (Å²) in [6.45, 7) is 4.80. The number of rotatable bonds is 2. The molecule has 0 amide bonds. The predicted molar refractivity (Wildman–Crippen MR) is 96.2 cm³/mol. The van der Waals surface area contributed by atoms with Gasteiger partial charge in [0.25, 0.3) is 0 Å². The Labute approximate surface area is 148 Å². The van der Waals surface area contributed by atoms with Crippen LogP contribution in [0.25, 0.3) is 0 Å². The summed E-state index contributed by atoms with van der Waals surface area (Å²) in [6, 6.07) is 14.6. The van der Waals surface area contributed by atoms with Crippen LogP contribution in [-0.4, -0.2) is 31.6 Å². The molecule has 1 heterocycles. The zero-order valence-electron chi connectivity index (χ0n) is 14.4. The Morgan fingerprint density at radius 3 is 2.48 bits per heavy atom. The van der Waals surface area contributed by atoms with E-state index in [-0.39, 0.29) is 11.7 Å². The zero-order chi connectivity index (χ0) is 17.8. The van der Waals surface area contributed by atoms with Crippen LogP contribution < -0.4 is 0 Å². The van der Waals surface area contributed by atoms with E-state index in [4.69, 9.17) is 0 Å². The number of fused-ring (bicyclic) bond motifs is 2. The van der Waals surface area contributed by atoms with Crippen molar-refractivity contribution in [3.8, 4) is 0 Å². The normalized spacial score (nSPS) is 26.3. The molecule has 1 aliphatic heterocycles. The van der Waals surface area contributed by atoms with Gasteiger partial charge in [-0.3, -0.25) is 4.79 Å². The maximum atomic E-state index is 13.1. The molecule has 0 unspecified atom stereocenters. The van der Waals surface area contributed by atoms with Gasteiger partial charge in [0.15, 0.2) is 5.78 Å². The summed E-state index contributed by atoms with van der Waals surface area (Å²) in [7, 11) is -3.55. The van der Waals surface area contributed by atoms with E-state index in [0.717, 1.165) is 16.7 Å². The van der Waals surface area contributed by atoms with E-state index in [2.05, 4.69) is 6.92 Å². The highest BCUT2D eigenvalue weighted by molar-refractivity contribution is 7.89. The topological polar surface area (TPSA) is 54.5 Å². The molecular formula is C20H21NO3S. The molecule has 1 spiro atoms. The number of sulfonamides is 1. The number of ketones is 1. The number of hydrogen-bond acceptors (Lipinski definition) is 3. The van der Waals surface area contributed by atoms with Crippen LogP contribution in [0.1, 0.15) is 34.8 Å². The lowest BCUT2D eigenvalue weighted by molar-refractivity contribution is 0.0967. The predicted octanol–water partition coefficient (Wildman–Crippen LogP) is 3.16. The SMILES string of the molecule is Cc1ccc(S(=O)(=O)N2C[C@@H](C)[C@@]3(CC(=O)c4ccccc43)C2)cc1. The standard InChI is InChI=1S/C20H21NO3S/c1-14-7-9-16(10-8-14)25(23,24)21-12-15(2)20(13-21)11-19(22)17-5-3-4-6-18(17)20/h3-10,15H,11-13H2,1-2H3/t15-,20-/m1/s1. The third kappa shape index (κ3) is 2.37. The molecule has 130 valence electrons. The summed E-state index contributed by atoms with van der Waals surface area (Å²) in [5.74, 6) is 0.220. The first-order valence-corrected chi connectivity index (χ1v) is 9.98. The van der Waals surface area contributed by atoms with E-state index in [0.29, 0.717) is 24.4 Å². The van der Waals surface area contributed by atoms with Gasteiger partial charge in [0, 0.05) is 30.5 Å². The Morgan fingerprint density at radius 2 is 1.76 bits per heavy atom. The van der Waals surface area contributed by atoms with Crippen LogP contribution in [0.2, 0.25) is 0 Å². The highest BCUT2D eigenvalue weighted by Crippen LogP contribution is 2.49. The Kier molecular flexibility index (Phi) is 3.63. The minimum atomic E-state index is -3.55. The average molecular weight is 355 g/mol. The van der Waals surface area contributed by atoms with E-state index in [1.165, 1.54) is 0 Å². The molecule has 2 aromatic rings. The Bertz CT molecular complexity index is 949. The van der Waals surface area contributed by atoms with Gasteiger partial charge in [-0.2, -0.15) is 4.31 Å². The maximum Gasteiger partial charge on any atom is 0.243 e. The molecule has 1 saturated heterocycles. The summed E-state index contributed by atoms with van der Waals surface area (Å²) in [5.41, 5.74) is 2.39. The van der Waals surface area contributed by atoms with Crippen molar-refractivity contribution in [1.82, 2.24) is 4.31 Å². The summed E-state index contributed by atoms with van der Waals surface area (Å²) in [5, 5.41) is 0.